The summed E-state index contributed by atoms with van der Waals surface area (Å²) in [6.07, 6.45) is 0.942. The first-order valence-corrected chi connectivity index (χ1v) is 9.79. The van der Waals surface area contributed by atoms with E-state index in [9.17, 15) is 14.4 Å². The first kappa shape index (κ1) is 17.8. The SMILES string of the molecule is CC1(C)CC(=O)C2=C(C1)OC1=C(C(=O)c3ccccc3C1=O)C2c1ccccc1. The Bertz CT molecular complexity index is 1150. The van der Waals surface area contributed by atoms with Crippen LogP contribution in [0.3, 0.4) is 0 Å². The molecule has 0 spiro atoms. The molecule has 4 nitrogen and oxygen atoms in total. The molecule has 5 rings (SSSR count). The fraction of sp³-hybridized carbons (Fsp3) is 0.240. The van der Waals surface area contributed by atoms with Crippen molar-refractivity contribution in [3.8, 4) is 0 Å². The van der Waals surface area contributed by atoms with Crippen LogP contribution in [0.2, 0.25) is 0 Å². The van der Waals surface area contributed by atoms with E-state index in [4.69, 9.17) is 4.74 Å². The van der Waals surface area contributed by atoms with Crippen LogP contribution < -0.4 is 0 Å². The molecular formula is C25H20O4. The second kappa shape index (κ2) is 6.11. The standard InChI is InChI=1S/C25H20O4/c1-25(2)12-17(26)20-18(13-25)29-24-21(19(20)14-8-4-3-5-9-14)22(27)15-10-6-7-11-16(15)23(24)28/h3-11,19H,12-13H2,1-2H3. The van der Waals surface area contributed by atoms with Crippen LogP contribution in [0, 0.1) is 5.41 Å². The Morgan fingerprint density at radius 3 is 2.10 bits per heavy atom. The lowest BCUT2D eigenvalue weighted by Crippen LogP contribution is -2.37. The minimum absolute atomic E-state index is 0.0178. The fourth-order valence-electron chi connectivity index (χ4n) is 4.67. The van der Waals surface area contributed by atoms with Crippen molar-refractivity contribution in [2.75, 3.05) is 0 Å². The van der Waals surface area contributed by atoms with Crippen molar-refractivity contribution in [3.05, 3.63) is 94.0 Å². The van der Waals surface area contributed by atoms with Crippen molar-refractivity contribution in [2.24, 2.45) is 5.41 Å². The highest BCUT2D eigenvalue weighted by Gasteiger charge is 2.48. The van der Waals surface area contributed by atoms with E-state index in [2.05, 4.69) is 0 Å². The Balaban J connectivity index is 1.76. The number of benzene rings is 2. The van der Waals surface area contributed by atoms with Gasteiger partial charge in [0, 0.05) is 35.5 Å². The van der Waals surface area contributed by atoms with E-state index in [0.29, 0.717) is 35.3 Å². The number of hydrogen-bond donors (Lipinski definition) is 0. The van der Waals surface area contributed by atoms with Crippen molar-refractivity contribution in [1.82, 2.24) is 0 Å². The molecule has 0 saturated carbocycles. The van der Waals surface area contributed by atoms with Gasteiger partial charge in [-0.15, -0.1) is 0 Å². The quantitative estimate of drug-likeness (QED) is 0.710. The van der Waals surface area contributed by atoms with Gasteiger partial charge in [-0.1, -0.05) is 68.4 Å². The summed E-state index contributed by atoms with van der Waals surface area (Å²) < 4.78 is 6.06. The third kappa shape index (κ3) is 2.63. The molecule has 0 saturated heterocycles. The summed E-state index contributed by atoms with van der Waals surface area (Å²) in [6.45, 7) is 4.03. The molecule has 0 fully saturated rings. The largest absolute Gasteiger partial charge is 0.457 e. The lowest BCUT2D eigenvalue weighted by atomic mass is 9.67. The molecular weight excluding hydrogens is 364 g/mol. The number of carbonyl (C=O) groups excluding carboxylic acids is 3. The second-order valence-electron chi connectivity index (χ2n) is 8.67. The van der Waals surface area contributed by atoms with E-state index < -0.39 is 5.92 Å². The van der Waals surface area contributed by atoms with Crippen LogP contribution in [-0.4, -0.2) is 17.3 Å². The second-order valence-corrected chi connectivity index (χ2v) is 8.67. The molecule has 1 unspecified atom stereocenters. The summed E-state index contributed by atoms with van der Waals surface area (Å²) in [4.78, 5) is 39.9. The summed E-state index contributed by atoms with van der Waals surface area (Å²) in [7, 11) is 0. The average Bonchev–Trinajstić information content (AvgIpc) is 2.70. The summed E-state index contributed by atoms with van der Waals surface area (Å²) in [5, 5.41) is 0. The zero-order valence-electron chi connectivity index (χ0n) is 16.3. The molecule has 144 valence electrons. The Morgan fingerprint density at radius 1 is 0.793 bits per heavy atom. The highest BCUT2D eigenvalue weighted by Crippen LogP contribution is 2.51. The smallest absolute Gasteiger partial charge is 0.229 e. The molecule has 2 aromatic rings. The van der Waals surface area contributed by atoms with Crippen molar-refractivity contribution >= 4 is 17.3 Å². The Labute approximate surface area is 168 Å². The van der Waals surface area contributed by atoms with Gasteiger partial charge in [0.1, 0.15) is 5.76 Å². The van der Waals surface area contributed by atoms with Crippen molar-refractivity contribution in [3.63, 3.8) is 0 Å². The van der Waals surface area contributed by atoms with E-state index in [1.807, 2.05) is 44.2 Å². The maximum Gasteiger partial charge on any atom is 0.229 e. The van der Waals surface area contributed by atoms with E-state index >= 15 is 0 Å². The molecule has 0 bridgehead atoms. The molecule has 0 radical (unpaired) electrons. The number of carbonyl (C=O) groups is 3. The van der Waals surface area contributed by atoms with Crippen LogP contribution in [0.5, 0.6) is 0 Å². The van der Waals surface area contributed by atoms with Crippen LogP contribution in [0.25, 0.3) is 0 Å². The molecule has 0 aromatic heterocycles. The highest BCUT2D eigenvalue weighted by molar-refractivity contribution is 6.27. The van der Waals surface area contributed by atoms with E-state index in [1.165, 1.54) is 0 Å². The van der Waals surface area contributed by atoms with Crippen molar-refractivity contribution < 1.29 is 19.1 Å². The first-order chi connectivity index (χ1) is 13.9. The minimum Gasteiger partial charge on any atom is -0.457 e. The van der Waals surface area contributed by atoms with Gasteiger partial charge in [-0.05, 0) is 11.0 Å². The molecule has 0 amide bonds. The molecule has 1 atom stereocenters. The lowest BCUT2D eigenvalue weighted by molar-refractivity contribution is -0.119. The van der Waals surface area contributed by atoms with Gasteiger partial charge in [-0.25, -0.2) is 0 Å². The van der Waals surface area contributed by atoms with Crippen LogP contribution in [0.15, 0.2) is 77.3 Å². The summed E-state index contributed by atoms with van der Waals surface area (Å²) in [5.74, 6) is -0.531. The van der Waals surface area contributed by atoms with E-state index in [0.717, 1.165) is 5.56 Å². The van der Waals surface area contributed by atoms with E-state index in [-0.39, 0.29) is 34.1 Å². The molecule has 4 heteroatoms. The highest BCUT2D eigenvalue weighted by atomic mass is 16.5. The predicted octanol–water partition coefficient (Wildman–Crippen LogP) is 4.78. The number of rotatable bonds is 1. The van der Waals surface area contributed by atoms with Gasteiger partial charge in [0.2, 0.25) is 5.78 Å². The summed E-state index contributed by atoms with van der Waals surface area (Å²) in [5.41, 5.74) is 2.10. The van der Waals surface area contributed by atoms with Crippen LogP contribution in [0.4, 0.5) is 0 Å². The van der Waals surface area contributed by atoms with Gasteiger partial charge < -0.3 is 4.74 Å². The number of fused-ring (bicyclic) bond motifs is 1. The molecule has 1 aliphatic heterocycles. The topological polar surface area (TPSA) is 60.4 Å². The van der Waals surface area contributed by atoms with E-state index in [1.54, 1.807) is 24.3 Å². The zero-order chi connectivity index (χ0) is 20.3. The van der Waals surface area contributed by atoms with Gasteiger partial charge in [-0.3, -0.25) is 14.4 Å². The lowest BCUT2D eigenvalue weighted by Gasteiger charge is -2.39. The molecule has 29 heavy (non-hydrogen) atoms. The van der Waals surface area contributed by atoms with Crippen LogP contribution in [-0.2, 0) is 9.53 Å². The molecule has 0 N–H and O–H groups in total. The van der Waals surface area contributed by atoms with Crippen LogP contribution >= 0.6 is 0 Å². The maximum atomic E-state index is 13.5. The van der Waals surface area contributed by atoms with Gasteiger partial charge in [0.05, 0.1) is 5.57 Å². The first-order valence-electron chi connectivity index (χ1n) is 9.79. The monoisotopic (exact) mass is 384 g/mol. The Morgan fingerprint density at radius 2 is 1.41 bits per heavy atom. The van der Waals surface area contributed by atoms with Gasteiger partial charge in [-0.2, -0.15) is 0 Å². The van der Waals surface area contributed by atoms with Crippen molar-refractivity contribution in [1.29, 1.82) is 0 Å². The molecule has 1 heterocycles. The third-order valence-corrected chi connectivity index (χ3v) is 5.93. The normalized spacial score (nSPS) is 22.7. The average molecular weight is 384 g/mol. The predicted molar refractivity (Wildman–Crippen MR) is 107 cm³/mol. The maximum absolute atomic E-state index is 13.5. The number of allylic oxidation sites excluding steroid dienone is 4. The number of ether oxygens (including phenoxy) is 1. The number of Topliss-reactive ketones (excluding diaryl/α,β-unsaturated/α-hetero) is 3. The van der Waals surface area contributed by atoms with Gasteiger partial charge >= 0.3 is 0 Å². The Hall–Kier alpha value is -3.27. The summed E-state index contributed by atoms with van der Waals surface area (Å²) >= 11 is 0. The molecule has 3 aliphatic rings. The van der Waals surface area contributed by atoms with Crippen molar-refractivity contribution in [2.45, 2.75) is 32.6 Å². The Kier molecular flexibility index (Phi) is 3.75. The molecule has 2 aromatic carbocycles. The number of hydrogen-bond acceptors (Lipinski definition) is 4. The third-order valence-electron chi connectivity index (χ3n) is 5.93. The van der Waals surface area contributed by atoms with Gasteiger partial charge in [0.15, 0.2) is 17.3 Å². The fourth-order valence-corrected chi connectivity index (χ4v) is 4.67. The van der Waals surface area contributed by atoms with Crippen LogP contribution in [0.1, 0.15) is 58.9 Å². The molecule has 2 aliphatic carbocycles. The van der Waals surface area contributed by atoms with Gasteiger partial charge in [0.25, 0.3) is 0 Å². The summed E-state index contributed by atoms with van der Waals surface area (Å²) in [6, 6.07) is 16.3. The zero-order valence-corrected chi connectivity index (χ0v) is 16.3. The minimum atomic E-state index is -0.580. The number of ketones is 3.